The van der Waals surface area contributed by atoms with Gasteiger partial charge in [0, 0.05) is 6.07 Å². The Morgan fingerprint density at radius 1 is 1.20 bits per heavy atom. The first kappa shape index (κ1) is 18.9. The van der Waals surface area contributed by atoms with Crippen molar-refractivity contribution >= 4 is 17.6 Å². The van der Waals surface area contributed by atoms with E-state index < -0.39 is 40.4 Å². The minimum atomic E-state index is -4.75. The third kappa shape index (κ3) is 4.76. The molecule has 0 radical (unpaired) electrons. The van der Waals surface area contributed by atoms with Gasteiger partial charge < -0.3 is 14.6 Å². The average Bonchev–Trinajstić information content (AvgIpc) is 2.50. The molecular formula is C16H11ClF4O4. The fraction of sp³-hybridized carbons (Fsp3) is 0.188. The van der Waals surface area contributed by atoms with Gasteiger partial charge >= 0.3 is 12.1 Å². The zero-order chi connectivity index (χ0) is 18.8. The van der Waals surface area contributed by atoms with Crippen LogP contribution in [0.3, 0.4) is 0 Å². The zero-order valence-corrected chi connectivity index (χ0v) is 13.4. The molecule has 2 aromatic rings. The second kappa shape index (κ2) is 7.18. The van der Waals surface area contributed by atoms with Crippen LogP contribution in [0.5, 0.6) is 17.2 Å². The Kier molecular flexibility index (Phi) is 5.42. The number of carboxylic acids is 1. The number of rotatable bonds is 5. The Labute approximate surface area is 144 Å². The van der Waals surface area contributed by atoms with E-state index in [0.717, 1.165) is 0 Å². The predicted molar refractivity (Wildman–Crippen MR) is 80.7 cm³/mol. The van der Waals surface area contributed by atoms with E-state index in [1.807, 2.05) is 0 Å². The van der Waals surface area contributed by atoms with E-state index in [1.54, 1.807) is 0 Å². The van der Waals surface area contributed by atoms with Crippen LogP contribution in [0.25, 0.3) is 0 Å². The van der Waals surface area contributed by atoms with E-state index in [9.17, 15) is 22.4 Å². The van der Waals surface area contributed by atoms with E-state index in [0.29, 0.717) is 6.07 Å². The van der Waals surface area contributed by atoms with Gasteiger partial charge in [0.2, 0.25) is 0 Å². The Balaban J connectivity index is 2.27. The monoisotopic (exact) mass is 378 g/mol. The van der Waals surface area contributed by atoms with Crippen LogP contribution in [0.1, 0.15) is 12.5 Å². The van der Waals surface area contributed by atoms with Gasteiger partial charge in [0.25, 0.3) is 0 Å². The van der Waals surface area contributed by atoms with Crippen molar-refractivity contribution in [2.45, 2.75) is 19.2 Å². The van der Waals surface area contributed by atoms with Gasteiger partial charge in [-0.05, 0) is 31.2 Å². The lowest BCUT2D eigenvalue weighted by molar-refractivity contribution is -0.144. The van der Waals surface area contributed by atoms with Crippen LogP contribution >= 0.6 is 11.6 Å². The van der Waals surface area contributed by atoms with E-state index in [4.69, 9.17) is 26.2 Å². The molecule has 0 spiro atoms. The first-order valence-electron chi connectivity index (χ1n) is 6.81. The molecule has 0 aliphatic carbocycles. The number of benzene rings is 2. The number of aliphatic carboxylic acids is 1. The Bertz CT molecular complexity index is 769. The molecule has 1 atom stereocenters. The summed E-state index contributed by atoms with van der Waals surface area (Å²) in [7, 11) is 0. The lowest BCUT2D eigenvalue weighted by Gasteiger charge is -2.14. The molecule has 0 aliphatic rings. The Morgan fingerprint density at radius 3 is 2.40 bits per heavy atom. The van der Waals surface area contributed by atoms with Crippen molar-refractivity contribution in [1.29, 1.82) is 0 Å². The van der Waals surface area contributed by atoms with E-state index in [-0.39, 0.29) is 17.6 Å². The van der Waals surface area contributed by atoms with E-state index in [2.05, 4.69) is 0 Å². The molecule has 1 unspecified atom stereocenters. The first-order valence-corrected chi connectivity index (χ1v) is 7.19. The summed E-state index contributed by atoms with van der Waals surface area (Å²) in [6, 6.07) is 6.34. The van der Waals surface area contributed by atoms with Gasteiger partial charge in [0.15, 0.2) is 17.7 Å². The van der Waals surface area contributed by atoms with Gasteiger partial charge in [-0.15, -0.1) is 0 Å². The van der Waals surface area contributed by atoms with Crippen molar-refractivity contribution in [2.75, 3.05) is 0 Å². The van der Waals surface area contributed by atoms with Gasteiger partial charge in [-0.2, -0.15) is 13.2 Å². The number of halogens is 5. The minimum Gasteiger partial charge on any atom is -0.479 e. The van der Waals surface area contributed by atoms with Crippen molar-refractivity contribution in [3.8, 4) is 17.2 Å². The fourth-order valence-corrected chi connectivity index (χ4v) is 2.05. The molecule has 0 amide bonds. The van der Waals surface area contributed by atoms with Gasteiger partial charge in [0.05, 0.1) is 10.6 Å². The van der Waals surface area contributed by atoms with Crippen molar-refractivity contribution in [3.05, 3.63) is 52.8 Å². The lowest BCUT2D eigenvalue weighted by Crippen LogP contribution is -2.22. The van der Waals surface area contributed by atoms with Gasteiger partial charge in [-0.1, -0.05) is 17.7 Å². The van der Waals surface area contributed by atoms with E-state index >= 15 is 0 Å². The maximum atomic E-state index is 13.9. The first-order chi connectivity index (χ1) is 11.6. The smallest absolute Gasteiger partial charge is 0.416 e. The highest BCUT2D eigenvalue weighted by Gasteiger charge is 2.32. The highest BCUT2D eigenvalue weighted by Crippen LogP contribution is 2.39. The lowest BCUT2D eigenvalue weighted by atomic mass is 10.2. The summed E-state index contributed by atoms with van der Waals surface area (Å²) in [4.78, 5) is 10.8. The van der Waals surface area contributed by atoms with Crippen LogP contribution in [-0.4, -0.2) is 17.2 Å². The summed E-state index contributed by atoms with van der Waals surface area (Å²) in [5.74, 6) is -2.93. The number of carboxylic acid groups (broad SMARTS) is 1. The Hall–Kier alpha value is -2.48. The number of hydrogen-bond acceptors (Lipinski definition) is 3. The third-order valence-electron chi connectivity index (χ3n) is 3.01. The van der Waals surface area contributed by atoms with Crippen molar-refractivity contribution < 1.29 is 36.9 Å². The molecule has 0 saturated heterocycles. The molecule has 134 valence electrons. The molecule has 1 N–H and O–H groups in total. The van der Waals surface area contributed by atoms with Crippen LogP contribution in [-0.2, 0) is 11.0 Å². The van der Waals surface area contributed by atoms with Crippen LogP contribution in [0.2, 0.25) is 5.02 Å². The topological polar surface area (TPSA) is 55.8 Å². The zero-order valence-electron chi connectivity index (χ0n) is 12.6. The van der Waals surface area contributed by atoms with Crippen molar-refractivity contribution in [1.82, 2.24) is 0 Å². The number of ether oxygens (including phenoxy) is 2. The third-order valence-corrected chi connectivity index (χ3v) is 3.29. The summed E-state index contributed by atoms with van der Waals surface area (Å²) in [5.41, 5.74) is -1.24. The number of carbonyl (C=O) groups is 1. The SMILES string of the molecule is CC(Oc1cccc(Oc2c(F)cc(C(F)(F)F)cc2Cl)c1)C(=O)O. The molecule has 0 aromatic heterocycles. The quantitative estimate of drug-likeness (QED) is 0.732. The number of hydrogen-bond donors (Lipinski definition) is 1. The molecule has 2 aromatic carbocycles. The predicted octanol–water partition coefficient (Wildman–Crippen LogP) is 5.14. The second-order valence-corrected chi connectivity index (χ2v) is 5.35. The number of alkyl halides is 3. The molecule has 0 fully saturated rings. The highest BCUT2D eigenvalue weighted by atomic mass is 35.5. The summed E-state index contributed by atoms with van der Waals surface area (Å²) in [6.07, 6.45) is -5.88. The molecule has 25 heavy (non-hydrogen) atoms. The summed E-state index contributed by atoms with van der Waals surface area (Å²) < 4.78 is 62.1. The molecule has 0 aliphatic heterocycles. The van der Waals surface area contributed by atoms with Gasteiger partial charge in [0.1, 0.15) is 11.5 Å². The van der Waals surface area contributed by atoms with E-state index in [1.165, 1.54) is 31.2 Å². The maximum absolute atomic E-state index is 13.9. The molecule has 0 bridgehead atoms. The second-order valence-electron chi connectivity index (χ2n) is 4.94. The molecule has 0 saturated carbocycles. The summed E-state index contributed by atoms with van der Waals surface area (Å²) in [5, 5.41) is 8.24. The summed E-state index contributed by atoms with van der Waals surface area (Å²) >= 11 is 5.68. The maximum Gasteiger partial charge on any atom is 0.416 e. The van der Waals surface area contributed by atoms with Gasteiger partial charge in [-0.3, -0.25) is 0 Å². The molecular weight excluding hydrogens is 368 g/mol. The summed E-state index contributed by atoms with van der Waals surface area (Å²) in [6.45, 7) is 1.31. The van der Waals surface area contributed by atoms with Crippen LogP contribution in [0.15, 0.2) is 36.4 Å². The average molecular weight is 379 g/mol. The standard InChI is InChI=1S/C16H11ClF4O4/c1-8(15(22)23)24-10-3-2-4-11(7-10)25-14-12(17)5-9(6-13(14)18)16(19,20)21/h2-8H,1H3,(H,22,23). The Morgan fingerprint density at radius 2 is 1.84 bits per heavy atom. The van der Waals surface area contributed by atoms with Crippen LogP contribution in [0, 0.1) is 5.82 Å². The highest BCUT2D eigenvalue weighted by molar-refractivity contribution is 6.32. The van der Waals surface area contributed by atoms with Gasteiger partial charge in [-0.25, -0.2) is 9.18 Å². The van der Waals surface area contributed by atoms with Crippen molar-refractivity contribution in [2.24, 2.45) is 0 Å². The molecule has 0 heterocycles. The fourth-order valence-electron chi connectivity index (χ4n) is 1.80. The molecule has 9 heteroatoms. The normalized spacial score (nSPS) is 12.6. The van der Waals surface area contributed by atoms with Crippen molar-refractivity contribution in [3.63, 3.8) is 0 Å². The van der Waals surface area contributed by atoms with Crippen LogP contribution in [0.4, 0.5) is 17.6 Å². The van der Waals surface area contributed by atoms with Crippen LogP contribution < -0.4 is 9.47 Å². The molecule has 4 nitrogen and oxygen atoms in total. The largest absolute Gasteiger partial charge is 0.479 e. The molecule has 2 rings (SSSR count). The minimum absolute atomic E-state index is 0.00986.